The molecule has 10 heteroatoms. The van der Waals surface area contributed by atoms with E-state index in [0.29, 0.717) is 21.9 Å². The summed E-state index contributed by atoms with van der Waals surface area (Å²) in [5, 5.41) is 3.72. The molecule has 0 saturated carbocycles. The Hall–Kier alpha value is -4.05. The van der Waals surface area contributed by atoms with Gasteiger partial charge in [0.15, 0.2) is 5.16 Å². The Kier molecular flexibility index (Phi) is 6.28. The Morgan fingerprint density at radius 3 is 2.49 bits per heavy atom. The first kappa shape index (κ1) is 24.6. The van der Waals surface area contributed by atoms with E-state index in [1.165, 1.54) is 16.7 Å². The Morgan fingerprint density at radius 1 is 1.03 bits per heavy atom. The normalized spacial score (nSPS) is 11.8. The number of fused-ring (bicyclic) bond motifs is 3. The summed E-state index contributed by atoms with van der Waals surface area (Å²) in [6, 6.07) is 17.3. The maximum absolute atomic E-state index is 13.7. The molecule has 0 aliphatic rings. The van der Waals surface area contributed by atoms with Crippen molar-refractivity contribution in [3.63, 3.8) is 0 Å². The molecule has 0 aliphatic heterocycles. The van der Waals surface area contributed by atoms with Gasteiger partial charge in [0.05, 0.1) is 17.0 Å². The molecule has 1 amide bonds. The van der Waals surface area contributed by atoms with E-state index in [-0.39, 0.29) is 17.0 Å². The first-order chi connectivity index (χ1) is 17.6. The van der Waals surface area contributed by atoms with E-state index in [9.17, 15) is 22.8 Å². The monoisotopic (exact) mass is 522 g/mol. The molecule has 6 nitrogen and oxygen atoms in total. The maximum Gasteiger partial charge on any atom is 0.416 e. The molecule has 5 rings (SSSR count). The fraction of sp³-hybridized carbons (Fsp3) is 0.148. The van der Waals surface area contributed by atoms with E-state index in [0.717, 1.165) is 45.9 Å². The highest BCUT2D eigenvalue weighted by Gasteiger charge is 2.30. The van der Waals surface area contributed by atoms with Gasteiger partial charge in [-0.3, -0.25) is 14.2 Å². The average Bonchev–Trinajstić information content (AvgIpc) is 3.24. The van der Waals surface area contributed by atoms with E-state index in [2.05, 4.69) is 10.3 Å². The van der Waals surface area contributed by atoms with Gasteiger partial charge >= 0.3 is 6.18 Å². The molecule has 0 aliphatic carbocycles. The molecule has 0 unspecified atom stereocenters. The van der Waals surface area contributed by atoms with Gasteiger partial charge in [-0.1, -0.05) is 42.1 Å². The third kappa shape index (κ3) is 4.72. The number of anilines is 1. The highest BCUT2D eigenvalue weighted by atomic mass is 32.2. The van der Waals surface area contributed by atoms with Crippen LogP contribution in [0.25, 0.3) is 27.6 Å². The van der Waals surface area contributed by atoms with Gasteiger partial charge in [0.25, 0.3) is 5.56 Å². The van der Waals surface area contributed by atoms with Crippen LogP contribution in [0, 0.1) is 13.8 Å². The molecule has 2 heterocycles. The van der Waals surface area contributed by atoms with Gasteiger partial charge in [0.2, 0.25) is 5.91 Å². The van der Waals surface area contributed by atoms with Gasteiger partial charge in [0, 0.05) is 16.6 Å². The van der Waals surface area contributed by atoms with Gasteiger partial charge in [-0.05, 0) is 61.4 Å². The van der Waals surface area contributed by atoms with Gasteiger partial charge in [0.1, 0.15) is 11.0 Å². The minimum Gasteiger partial charge on any atom is -0.349 e. The summed E-state index contributed by atoms with van der Waals surface area (Å²) < 4.78 is 39.9. The van der Waals surface area contributed by atoms with E-state index in [1.54, 1.807) is 0 Å². The highest BCUT2D eigenvalue weighted by molar-refractivity contribution is 7.99. The second-order valence-electron chi connectivity index (χ2n) is 8.56. The van der Waals surface area contributed by atoms with Crippen LogP contribution in [0.5, 0.6) is 0 Å². The number of benzene rings is 3. The van der Waals surface area contributed by atoms with Crippen molar-refractivity contribution in [2.45, 2.75) is 25.2 Å². The zero-order chi connectivity index (χ0) is 26.3. The van der Waals surface area contributed by atoms with Crippen molar-refractivity contribution in [3.05, 3.63) is 93.8 Å². The second kappa shape index (κ2) is 9.44. The summed E-state index contributed by atoms with van der Waals surface area (Å²) >= 11 is 1.08. The van der Waals surface area contributed by atoms with Gasteiger partial charge in [-0.25, -0.2) is 4.98 Å². The number of alkyl halides is 3. The SMILES string of the molecule is Cc1cccc(-n2c(SCC(=O)Nc3ccc(C(F)(F)F)cc3)nc3c([nH]c4ccccc43)c2=O)c1C. The average molecular weight is 523 g/mol. The number of halogens is 3. The van der Waals surface area contributed by atoms with Gasteiger partial charge in [-0.15, -0.1) is 0 Å². The van der Waals surface area contributed by atoms with Crippen molar-refractivity contribution in [1.82, 2.24) is 14.5 Å². The van der Waals surface area contributed by atoms with Crippen LogP contribution >= 0.6 is 11.8 Å². The minimum absolute atomic E-state index is 0.105. The fourth-order valence-corrected chi connectivity index (χ4v) is 4.90. The molecule has 0 atom stereocenters. The lowest BCUT2D eigenvalue weighted by atomic mass is 10.1. The van der Waals surface area contributed by atoms with E-state index in [1.807, 2.05) is 56.3 Å². The van der Waals surface area contributed by atoms with Gasteiger partial charge < -0.3 is 10.3 Å². The predicted octanol–water partition coefficient (Wildman–Crippen LogP) is 6.23. The number of amides is 1. The molecule has 0 fully saturated rings. The first-order valence-electron chi connectivity index (χ1n) is 11.3. The third-order valence-corrected chi connectivity index (χ3v) is 7.08. The second-order valence-corrected chi connectivity index (χ2v) is 9.50. The Morgan fingerprint density at radius 2 is 1.76 bits per heavy atom. The number of thioether (sulfide) groups is 1. The molecule has 188 valence electrons. The number of nitrogens with zero attached hydrogens (tertiary/aromatic N) is 2. The van der Waals surface area contributed by atoms with E-state index >= 15 is 0 Å². The molecule has 0 spiro atoms. The smallest absolute Gasteiger partial charge is 0.349 e. The van der Waals surface area contributed by atoms with Crippen LogP contribution in [0.4, 0.5) is 18.9 Å². The minimum atomic E-state index is -4.46. The number of carbonyl (C=O) groups is 1. The summed E-state index contributed by atoms with van der Waals surface area (Å²) in [6.07, 6.45) is -4.46. The zero-order valence-electron chi connectivity index (χ0n) is 19.8. The summed E-state index contributed by atoms with van der Waals surface area (Å²) in [5.74, 6) is -0.544. The molecule has 3 aromatic carbocycles. The number of hydrogen-bond donors (Lipinski definition) is 2. The summed E-state index contributed by atoms with van der Waals surface area (Å²) in [5.41, 5.74) is 3.35. The lowest BCUT2D eigenvalue weighted by molar-refractivity contribution is -0.137. The third-order valence-electron chi connectivity index (χ3n) is 6.14. The molecular formula is C27H21F3N4O2S. The van der Waals surface area contributed by atoms with Crippen molar-refractivity contribution < 1.29 is 18.0 Å². The summed E-state index contributed by atoms with van der Waals surface area (Å²) in [7, 11) is 0. The quantitative estimate of drug-likeness (QED) is 0.212. The lowest BCUT2D eigenvalue weighted by Crippen LogP contribution is -2.23. The molecule has 0 radical (unpaired) electrons. The highest BCUT2D eigenvalue weighted by Crippen LogP contribution is 2.30. The molecule has 2 N–H and O–H groups in total. The van der Waals surface area contributed by atoms with E-state index < -0.39 is 17.6 Å². The molecule has 2 aromatic heterocycles. The Labute approximate surface area is 213 Å². The van der Waals surface area contributed by atoms with E-state index in [4.69, 9.17) is 4.98 Å². The summed E-state index contributed by atoms with van der Waals surface area (Å²) in [4.78, 5) is 34.3. The van der Waals surface area contributed by atoms with Crippen molar-refractivity contribution in [2.75, 3.05) is 11.1 Å². The molecule has 5 aromatic rings. The molecule has 37 heavy (non-hydrogen) atoms. The largest absolute Gasteiger partial charge is 0.416 e. The molecule has 0 saturated heterocycles. The topological polar surface area (TPSA) is 79.8 Å². The van der Waals surface area contributed by atoms with Gasteiger partial charge in [-0.2, -0.15) is 13.2 Å². The van der Waals surface area contributed by atoms with Crippen LogP contribution in [-0.2, 0) is 11.0 Å². The van der Waals surface area contributed by atoms with Crippen molar-refractivity contribution in [2.24, 2.45) is 0 Å². The molecule has 0 bridgehead atoms. The van der Waals surface area contributed by atoms with Crippen LogP contribution in [0.2, 0.25) is 0 Å². The van der Waals surface area contributed by atoms with Crippen LogP contribution in [0.15, 0.2) is 76.7 Å². The number of para-hydroxylation sites is 1. The standard InChI is InChI=1S/C27H21F3N4O2S/c1-15-6-5-9-21(16(15)2)34-25(36)24-23(19-7-3-4-8-20(19)32-24)33-26(34)37-14-22(35)31-18-12-10-17(11-13-18)27(28,29)30/h3-13,32H,14H2,1-2H3,(H,31,35). The first-order valence-corrected chi connectivity index (χ1v) is 12.3. The lowest BCUT2D eigenvalue weighted by Gasteiger charge is -2.15. The number of aromatic nitrogens is 3. The Bertz CT molecular complexity index is 1710. The predicted molar refractivity (Wildman–Crippen MR) is 139 cm³/mol. The van der Waals surface area contributed by atoms with Crippen molar-refractivity contribution >= 4 is 45.3 Å². The zero-order valence-corrected chi connectivity index (χ0v) is 20.6. The number of H-pyrrole nitrogens is 1. The van der Waals surface area contributed by atoms with Crippen LogP contribution < -0.4 is 10.9 Å². The number of hydrogen-bond acceptors (Lipinski definition) is 4. The van der Waals surface area contributed by atoms with Crippen molar-refractivity contribution in [1.29, 1.82) is 0 Å². The van der Waals surface area contributed by atoms with Crippen LogP contribution in [0.3, 0.4) is 0 Å². The summed E-state index contributed by atoms with van der Waals surface area (Å²) in [6.45, 7) is 3.86. The number of carbonyl (C=O) groups excluding carboxylic acids is 1. The van der Waals surface area contributed by atoms with Crippen LogP contribution in [-0.4, -0.2) is 26.2 Å². The number of aryl methyl sites for hydroxylation is 1. The van der Waals surface area contributed by atoms with Crippen LogP contribution in [0.1, 0.15) is 16.7 Å². The van der Waals surface area contributed by atoms with Crippen molar-refractivity contribution in [3.8, 4) is 5.69 Å². The number of nitrogens with one attached hydrogen (secondary N) is 2. The Balaban J connectivity index is 1.51. The maximum atomic E-state index is 13.7. The number of rotatable bonds is 5. The number of aromatic amines is 1. The molecular weight excluding hydrogens is 501 g/mol. The fourth-order valence-electron chi connectivity index (χ4n) is 4.10.